The zero-order valence-corrected chi connectivity index (χ0v) is 14.0. The highest BCUT2D eigenvalue weighted by Gasteiger charge is 2.13. The van der Waals surface area contributed by atoms with Crippen LogP contribution in [0.2, 0.25) is 10.0 Å². The molecule has 0 aliphatic rings. The number of methoxy groups -OCH3 is 1. The second kappa shape index (κ2) is 8.44. The molecule has 0 radical (unpaired) electrons. The summed E-state index contributed by atoms with van der Waals surface area (Å²) in [5.41, 5.74) is 6.55. The Labute approximate surface area is 135 Å². The summed E-state index contributed by atoms with van der Waals surface area (Å²) in [4.78, 5) is 14.0. The molecule has 1 aromatic rings. The second-order valence-electron chi connectivity index (χ2n) is 4.93. The maximum Gasteiger partial charge on any atom is 0.225 e. The first kappa shape index (κ1) is 18.0. The van der Waals surface area contributed by atoms with Crippen LogP contribution in [0.1, 0.15) is 13.3 Å². The molecule has 0 aliphatic heterocycles. The number of likely N-dealkylation sites (N-methyl/N-ethyl adjacent to an activating group) is 1. The van der Waals surface area contributed by atoms with Crippen LogP contribution >= 0.6 is 23.2 Å². The number of carbonyl (C=O) groups excluding carboxylic acids is 1. The fraction of sp³-hybridized carbons (Fsp3) is 0.500. The fourth-order valence-corrected chi connectivity index (χ4v) is 2.35. The van der Waals surface area contributed by atoms with Gasteiger partial charge in [-0.15, -0.1) is 0 Å². The third-order valence-electron chi connectivity index (χ3n) is 3.20. The lowest BCUT2D eigenvalue weighted by Gasteiger charge is -2.23. The number of nitrogens with one attached hydrogen (secondary N) is 1. The van der Waals surface area contributed by atoms with Gasteiger partial charge in [0.1, 0.15) is 0 Å². The number of anilines is 2. The summed E-state index contributed by atoms with van der Waals surface area (Å²) in [5.74, 6) is -0.151. The number of nitrogens with two attached hydrogens (primary N) is 1. The van der Waals surface area contributed by atoms with Gasteiger partial charge in [0, 0.05) is 31.1 Å². The van der Waals surface area contributed by atoms with Crippen molar-refractivity contribution < 1.29 is 9.53 Å². The SMILES string of the molecule is COCC(C)N(C)CCC(=O)Nc1c(N)cc(Cl)cc1Cl. The van der Waals surface area contributed by atoms with Gasteiger partial charge in [-0.1, -0.05) is 23.2 Å². The van der Waals surface area contributed by atoms with Crippen molar-refractivity contribution in [3.8, 4) is 0 Å². The molecule has 0 spiro atoms. The largest absolute Gasteiger partial charge is 0.397 e. The number of rotatable bonds is 7. The van der Waals surface area contributed by atoms with Gasteiger partial charge in [-0.3, -0.25) is 4.79 Å². The first-order valence-electron chi connectivity index (χ1n) is 6.58. The lowest BCUT2D eigenvalue weighted by molar-refractivity contribution is -0.116. The van der Waals surface area contributed by atoms with Crippen LogP contribution in [0.4, 0.5) is 11.4 Å². The van der Waals surface area contributed by atoms with E-state index in [1.165, 1.54) is 0 Å². The van der Waals surface area contributed by atoms with Gasteiger partial charge in [0.15, 0.2) is 0 Å². The van der Waals surface area contributed by atoms with Crippen molar-refractivity contribution in [2.75, 3.05) is 38.4 Å². The molecule has 5 nitrogen and oxygen atoms in total. The quantitative estimate of drug-likeness (QED) is 0.753. The minimum absolute atomic E-state index is 0.151. The van der Waals surface area contributed by atoms with Gasteiger partial charge in [0.05, 0.1) is 23.0 Å². The number of carbonyl (C=O) groups is 1. The molecule has 21 heavy (non-hydrogen) atoms. The normalized spacial score (nSPS) is 12.5. The summed E-state index contributed by atoms with van der Waals surface area (Å²) in [5, 5.41) is 3.48. The van der Waals surface area contributed by atoms with E-state index >= 15 is 0 Å². The van der Waals surface area contributed by atoms with Gasteiger partial charge in [-0.05, 0) is 26.1 Å². The van der Waals surface area contributed by atoms with Gasteiger partial charge < -0.3 is 20.7 Å². The number of nitrogens with zero attached hydrogens (tertiary/aromatic N) is 1. The third-order valence-corrected chi connectivity index (χ3v) is 3.72. The maximum atomic E-state index is 12.0. The molecule has 1 amide bonds. The fourth-order valence-electron chi connectivity index (χ4n) is 1.79. The number of benzene rings is 1. The Hall–Kier alpha value is -1.01. The van der Waals surface area contributed by atoms with E-state index in [4.69, 9.17) is 33.7 Å². The number of amides is 1. The predicted molar refractivity (Wildman–Crippen MR) is 88.1 cm³/mol. The Morgan fingerprint density at radius 3 is 2.71 bits per heavy atom. The molecule has 3 N–H and O–H groups in total. The Bertz CT molecular complexity index is 474. The highest BCUT2D eigenvalue weighted by atomic mass is 35.5. The maximum absolute atomic E-state index is 12.0. The van der Waals surface area contributed by atoms with Gasteiger partial charge in [-0.2, -0.15) is 0 Å². The summed E-state index contributed by atoms with van der Waals surface area (Å²) in [7, 11) is 3.60. The average molecular weight is 334 g/mol. The van der Waals surface area contributed by atoms with Crippen LogP contribution in [0.25, 0.3) is 0 Å². The number of ether oxygens (including phenoxy) is 1. The van der Waals surface area contributed by atoms with Crippen molar-refractivity contribution in [1.82, 2.24) is 4.90 Å². The highest BCUT2D eigenvalue weighted by molar-refractivity contribution is 6.37. The lowest BCUT2D eigenvalue weighted by atomic mass is 10.2. The summed E-state index contributed by atoms with van der Waals surface area (Å²) >= 11 is 11.9. The number of halogens is 2. The van der Waals surface area contributed by atoms with Gasteiger partial charge in [0.2, 0.25) is 5.91 Å². The van der Waals surface area contributed by atoms with E-state index in [0.29, 0.717) is 41.0 Å². The standard InChI is InChI=1S/C14H21Cl2N3O2/c1-9(8-21-3)19(2)5-4-13(20)18-14-11(16)6-10(15)7-12(14)17/h6-7,9H,4-5,8,17H2,1-3H3,(H,18,20). The van der Waals surface area contributed by atoms with Gasteiger partial charge in [-0.25, -0.2) is 0 Å². The van der Waals surface area contributed by atoms with Crippen molar-refractivity contribution in [2.24, 2.45) is 0 Å². The van der Waals surface area contributed by atoms with Crippen LogP contribution in [-0.4, -0.2) is 44.2 Å². The zero-order valence-electron chi connectivity index (χ0n) is 12.5. The molecule has 0 heterocycles. The second-order valence-corrected chi connectivity index (χ2v) is 5.78. The van der Waals surface area contributed by atoms with Crippen LogP contribution in [0.3, 0.4) is 0 Å². The molecule has 0 aliphatic carbocycles. The summed E-state index contributed by atoms with van der Waals surface area (Å²) in [6.07, 6.45) is 0.336. The molecular formula is C14H21Cl2N3O2. The average Bonchev–Trinajstić information content (AvgIpc) is 2.40. The Balaban J connectivity index is 2.55. The van der Waals surface area contributed by atoms with Crippen LogP contribution in [0.5, 0.6) is 0 Å². The van der Waals surface area contributed by atoms with E-state index in [-0.39, 0.29) is 11.9 Å². The first-order chi connectivity index (χ1) is 9.85. The van der Waals surface area contributed by atoms with E-state index in [0.717, 1.165) is 0 Å². The van der Waals surface area contributed by atoms with E-state index in [1.807, 2.05) is 14.0 Å². The van der Waals surface area contributed by atoms with E-state index < -0.39 is 0 Å². The van der Waals surface area contributed by atoms with Crippen LogP contribution in [-0.2, 0) is 9.53 Å². The van der Waals surface area contributed by atoms with Crippen molar-refractivity contribution in [3.05, 3.63) is 22.2 Å². The zero-order chi connectivity index (χ0) is 16.0. The summed E-state index contributed by atoms with van der Waals surface area (Å²) < 4.78 is 5.08. The van der Waals surface area contributed by atoms with Crippen LogP contribution in [0.15, 0.2) is 12.1 Å². The number of hydrogen-bond acceptors (Lipinski definition) is 4. The smallest absolute Gasteiger partial charge is 0.225 e. The van der Waals surface area contributed by atoms with Gasteiger partial charge >= 0.3 is 0 Å². The molecule has 0 saturated carbocycles. The monoisotopic (exact) mass is 333 g/mol. The highest BCUT2D eigenvalue weighted by Crippen LogP contribution is 2.32. The summed E-state index contributed by atoms with van der Waals surface area (Å²) in [6, 6.07) is 3.34. The minimum Gasteiger partial charge on any atom is -0.397 e. The molecular weight excluding hydrogens is 313 g/mol. The first-order valence-corrected chi connectivity index (χ1v) is 7.34. The molecule has 0 saturated heterocycles. The number of hydrogen-bond donors (Lipinski definition) is 2. The lowest BCUT2D eigenvalue weighted by Crippen LogP contribution is -2.35. The van der Waals surface area contributed by atoms with Gasteiger partial charge in [0.25, 0.3) is 0 Å². The molecule has 0 fully saturated rings. The summed E-state index contributed by atoms with van der Waals surface area (Å²) in [6.45, 7) is 3.27. The Morgan fingerprint density at radius 2 is 2.14 bits per heavy atom. The minimum atomic E-state index is -0.151. The van der Waals surface area contributed by atoms with E-state index in [2.05, 4.69) is 10.2 Å². The molecule has 0 bridgehead atoms. The van der Waals surface area contributed by atoms with Crippen molar-refractivity contribution >= 4 is 40.5 Å². The predicted octanol–water partition coefficient (Wildman–Crippen LogP) is 2.87. The molecule has 7 heteroatoms. The molecule has 0 aromatic heterocycles. The van der Waals surface area contributed by atoms with Crippen molar-refractivity contribution in [2.45, 2.75) is 19.4 Å². The molecule has 1 atom stereocenters. The van der Waals surface area contributed by atoms with Crippen LogP contribution < -0.4 is 11.1 Å². The van der Waals surface area contributed by atoms with Crippen LogP contribution in [0, 0.1) is 0 Å². The molecule has 1 rings (SSSR count). The Morgan fingerprint density at radius 1 is 1.48 bits per heavy atom. The number of nitrogen functional groups attached to an aromatic ring is 1. The molecule has 118 valence electrons. The molecule has 1 unspecified atom stereocenters. The van der Waals surface area contributed by atoms with Crippen molar-refractivity contribution in [1.29, 1.82) is 0 Å². The third kappa shape index (κ3) is 5.71. The topological polar surface area (TPSA) is 67.6 Å². The van der Waals surface area contributed by atoms with Crippen molar-refractivity contribution in [3.63, 3.8) is 0 Å². The van der Waals surface area contributed by atoms with E-state index in [1.54, 1.807) is 19.2 Å². The molecule has 1 aromatic carbocycles. The van der Waals surface area contributed by atoms with E-state index in [9.17, 15) is 4.79 Å². The Kier molecular flexibility index (Phi) is 7.25.